The molecule has 0 fully saturated rings. The normalized spacial score (nSPS) is 21.5. The molecule has 5 nitrogen and oxygen atoms in total. The third kappa shape index (κ3) is 0.813. The zero-order valence-corrected chi connectivity index (χ0v) is 5.44. The number of Topliss-reactive ketones (excluding diaryl/α,β-unsaturated/α-hetero) is 1. The van der Waals surface area contributed by atoms with E-state index >= 15 is 0 Å². The molecule has 0 atom stereocenters. The first-order valence-electron chi connectivity index (χ1n) is 3.04. The summed E-state index contributed by atoms with van der Waals surface area (Å²) in [6.07, 6.45) is 1.18. The lowest BCUT2D eigenvalue weighted by atomic mass is 10.0. The number of nitrogens with zero attached hydrogens (tertiary/aromatic N) is 3. The van der Waals surface area contributed by atoms with Crippen molar-refractivity contribution < 1.29 is 9.59 Å². The molecule has 1 aliphatic carbocycles. The molecule has 2 aliphatic rings. The Labute approximate surface area is 61.5 Å². The van der Waals surface area contributed by atoms with Crippen LogP contribution in [0.3, 0.4) is 0 Å². The third-order valence-corrected chi connectivity index (χ3v) is 1.44. The van der Waals surface area contributed by atoms with Gasteiger partial charge in [0.2, 0.25) is 0 Å². The summed E-state index contributed by atoms with van der Waals surface area (Å²) in [6, 6.07) is 0. The summed E-state index contributed by atoms with van der Waals surface area (Å²) in [5.74, 6) is -0.526. The molecule has 5 heteroatoms. The minimum absolute atomic E-state index is 0.104. The number of ketones is 2. The zero-order chi connectivity index (χ0) is 7.84. The molecule has 2 rings (SSSR count). The van der Waals surface area contributed by atoms with E-state index in [9.17, 15) is 9.59 Å². The molecule has 54 valence electrons. The Hall–Kier alpha value is -1.65. The highest BCUT2D eigenvalue weighted by Gasteiger charge is 2.27. The molecule has 0 N–H and O–H groups in total. The first kappa shape index (κ1) is 6.09. The highest BCUT2D eigenvalue weighted by Crippen LogP contribution is 2.16. The van der Waals surface area contributed by atoms with E-state index in [0.717, 1.165) is 0 Å². The monoisotopic (exact) mass is 149 g/mol. The Balaban J connectivity index is 2.53. The summed E-state index contributed by atoms with van der Waals surface area (Å²) in [4.78, 5) is 21.7. The quantitative estimate of drug-likeness (QED) is 0.462. The van der Waals surface area contributed by atoms with Crippen molar-refractivity contribution in [1.82, 2.24) is 0 Å². The van der Waals surface area contributed by atoms with Crippen molar-refractivity contribution in [3.63, 3.8) is 0 Å². The van der Waals surface area contributed by atoms with Crippen molar-refractivity contribution in [2.75, 3.05) is 0 Å². The van der Waals surface area contributed by atoms with Crippen molar-refractivity contribution in [1.29, 1.82) is 0 Å². The topological polar surface area (TPSA) is 71.2 Å². The lowest BCUT2D eigenvalue weighted by molar-refractivity contribution is -0.121. The first-order valence-corrected chi connectivity index (χ1v) is 3.04. The second-order valence-corrected chi connectivity index (χ2v) is 2.23. The summed E-state index contributed by atoms with van der Waals surface area (Å²) in [5.41, 5.74) is 0.510. The standard InChI is InChI=1S/C6H3N3O2/c10-3-1-4-6(5(11)2-3)8-9-7-4/h1H,2H2. The molecule has 0 unspecified atom stereocenters. The van der Waals surface area contributed by atoms with Gasteiger partial charge in [-0.05, 0) is 5.22 Å². The Bertz CT molecular complexity index is 338. The second-order valence-electron chi connectivity index (χ2n) is 2.23. The largest absolute Gasteiger partial charge is 0.294 e. The van der Waals surface area contributed by atoms with E-state index in [2.05, 4.69) is 15.4 Å². The van der Waals surface area contributed by atoms with Crippen LogP contribution < -0.4 is 0 Å². The van der Waals surface area contributed by atoms with Crippen LogP contribution in [0.5, 0.6) is 0 Å². The van der Waals surface area contributed by atoms with Crippen LogP contribution >= 0.6 is 0 Å². The van der Waals surface area contributed by atoms with Gasteiger partial charge in [0, 0.05) is 6.08 Å². The lowest BCUT2D eigenvalue weighted by Gasteiger charge is -2.02. The van der Waals surface area contributed by atoms with Crippen molar-refractivity contribution in [2.45, 2.75) is 6.42 Å². The molecule has 0 bridgehead atoms. The molecular weight excluding hydrogens is 146 g/mol. The smallest absolute Gasteiger partial charge is 0.193 e. The molecule has 0 amide bonds. The van der Waals surface area contributed by atoms with Gasteiger partial charge in [-0.15, -0.1) is 10.2 Å². The number of hydrogen-bond donors (Lipinski definition) is 0. The van der Waals surface area contributed by atoms with Gasteiger partial charge in [-0.25, -0.2) is 0 Å². The number of allylic oxidation sites excluding steroid dienone is 2. The predicted octanol–water partition coefficient (Wildman–Crippen LogP) is 0.234. The Morgan fingerprint density at radius 2 is 2.18 bits per heavy atom. The summed E-state index contributed by atoms with van der Waals surface area (Å²) in [7, 11) is 0. The van der Waals surface area contributed by atoms with Gasteiger partial charge in [0.1, 0.15) is 5.70 Å². The molecule has 1 aliphatic heterocycles. The van der Waals surface area contributed by atoms with Gasteiger partial charge in [-0.1, -0.05) is 0 Å². The minimum Gasteiger partial charge on any atom is -0.294 e. The van der Waals surface area contributed by atoms with E-state index in [1.54, 1.807) is 0 Å². The molecule has 11 heavy (non-hydrogen) atoms. The van der Waals surface area contributed by atoms with Crippen molar-refractivity contribution in [3.8, 4) is 0 Å². The summed E-state index contributed by atoms with van der Waals surface area (Å²) in [6.45, 7) is 0. The fraction of sp³-hybridized carbons (Fsp3) is 0.167. The molecule has 0 aromatic carbocycles. The maximum atomic E-state index is 11.0. The first-order chi connectivity index (χ1) is 5.27. The van der Waals surface area contributed by atoms with Crippen molar-refractivity contribution in [3.05, 3.63) is 11.8 Å². The van der Waals surface area contributed by atoms with Gasteiger partial charge in [0.25, 0.3) is 0 Å². The molecular formula is C6H3N3O2. The molecule has 0 radical (unpaired) electrons. The second kappa shape index (κ2) is 1.91. The van der Waals surface area contributed by atoms with E-state index in [1.165, 1.54) is 6.08 Å². The lowest BCUT2D eigenvalue weighted by Crippen LogP contribution is -2.22. The number of hydrogen-bond acceptors (Lipinski definition) is 5. The number of carbonyl (C=O) groups excluding carboxylic acids is 2. The van der Waals surface area contributed by atoms with Crippen LogP contribution in [-0.4, -0.2) is 17.3 Å². The van der Waals surface area contributed by atoms with Crippen LogP contribution in [0.1, 0.15) is 6.42 Å². The van der Waals surface area contributed by atoms with E-state index in [1.807, 2.05) is 0 Å². The average Bonchev–Trinajstić information content (AvgIpc) is 2.34. The molecule has 0 aromatic heterocycles. The maximum absolute atomic E-state index is 11.0. The van der Waals surface area contributed by atoms with E-state index in [0.29, 0.717) is 5.70 Å². The van der Waals surface area contributed by atoms with Crippen LogP contribution in [0.4, 0.5) is 0 Å². The SMILES string of the molecule is O=C1C=C2N=NN=C2C(=O)C1. The van der Waals surface area contributed by atoms with Gasteiger partial charge in [-0.3, -0.25) is 9.59 Å². The van der Waals surface area contributed by atoms with E-state index in [4.69, 9.17) is 0 Å². The van der Waals surface area contributed by atoms with Gasteiger partial charge in [-0.2, -0.15) is 0 Å². The van der Waals surface area contributed by atoms with Crippen LogP contribution in [0.15, 0.2) is 27.2 Å². The summed E-state index contributed by atoms with van der Waals surface area (Å²) in [5, 5.41) is 10.3. The van der Waals surface area contributed by atoms with Gasteiger partial charge in [0.15, 0.2) is 17.3 Å². The fourth-order valence-corrected chi connectivity index (χ4v) is 0.955. The van der Waals surface area contributed by atoms with E-state index in [-0.39, 0.29) is 23.7 Å². The van der Waals surface area contributed by atoms with E-state index < -0.39 is 0 Å². The number of carbonyl (C=O) groups is 2. The van der Waals surface area contributed by atoms with Crippen molar-refractivity contribution in [2.24, 2.45) is 15.4 Å². The van der Waals surface area contributed by atoms with Crippen LogP contribution in [0.25, 0.3) is 0 Å². The predicted molar refractivity (Wildman–Crippen MR) is 35.0 cm³/mol. The third-order valence-electron chi connectivity index (χ3n) is 1.44. The summed E-state index contributed by atoms with van der Waals surface area (Å²) < 4.78 is 0. The molecule has 0 spiro atoms. The average molecular weight is 149 g/mol. The van der Waals surface area contributed by atoms with Gasteiger partial charge in [0.05, 0.1) is 6.42 Å². The minimum atomic E-state index is -0.294. The highest BCUT2D eigenvalue weighted by molar-refractivity contribution is 6.51. The van der Waals surface area contributed by atoms with Gasteiger partial charge >= 0.3 is 0 Å². The van der Waals surface area contributed by atoms with Crippen LogP contribution in [0.2, 0.25) is 0 Å². The molecule has 0 saturated carbocycles. The Morgan fingerprint density at radius 1 is 1.36 bits per heavy atom. The fourth-order valence-electron chi connectivity index (χ4n) is 0.955. The van der Waals surface area contributed by atoms with Crippen molar-refractivity contribution >= 4 is 17.3 Å². The number of fused-ring (bicyclic) bond motifs is 1. The summed E-state index contributed by atoms with van der Waals surface area (Å²) >= 11 is 0. The highest BCUT2D eigenvalue weighted by atomic mass is 16.1. The van der Waals surface area contributed by atoms with Crippen LogP contribution in [-0.2, 0) is 9.59 Å². The Kier molecular flexibility index (Phi) is 1.06. The zero-order valence-electron chi connectivity index (χ0n) is 5.44. The molecule has 0 saturated heterocycles. The van der Waals surface area contributed by atoms with Crippen LogP contribution in [0, 0.1) is 0 Å². The molecule has 1 heterocycles. The van der Waals surface area contributed by atoms with Gasteiger partial charge < -0.3 is 0 Å². The molecule has 0 aromatic rings. The maximum Gasteiger partial charge on any atom is 0.193 e. The number of rotatable bonds is 0. The Morgan fingerprint density at radius 3 is 3.00 bits per heavy atom.